The van der Waals surface area contributed by atoms with Crippen LogP contribution in [0.5, 0.6) is 0 Å². The van der Waals surface area contributed by atoms with Gasteiger partial charge in [0, 0.05) is 25.6 Å². The van der Waals surface area contributed by atoms with Gasteiger partial charge in [-0.1, -0.05) is 13.8 Å². The van der Waals surface area contributed by atoms with Crippen LogP contribution in [-0.4, -0.2) is 37.0 Å². The Balaban J connectivity index is 2.39. The van der Waals surface area contributed by atoms with Crippen molar-refractivity contribution in [2.75, 3.05) is 20.1 Å². The summed E-state index contributed by atoms with van der Waals surface area (Å²) < 4.78 is 0. The topological polar surface area (TPSA) is 32.3 Å². The van der Waals surface area contributed by atoms with E-state index in [0.29, 0.717) is 23.8 Å². The third-order valence-electron chi connectivity index (χ3n) is 3.09. The van der Waals surface area contributed by atoms with Crippen LogP contribution in [-0.2, 0) is 4.79 Å². The minimum atomic E-state index is 0.336. The first-order valence-electron chi connectivity index (χ1n) is 5.98. The van der Waals surface area contributed by atoms with Crippen LogP contribution in [0.3, 0.4) is 0 Å². The Morgan fingerprint density at radius 1 is 1.47 bits per heavy atom. The number of hydrogen-bond donors (Lipinski definition) is 1. The Kier molecular flexibility index (Phi) is 4.58. The van der Waals surface area contributed by atoms with E-state index in [2.05, 4.69) is 26.1 Å². The standard InChI is InChI=1S/C12H24N2O/c1-9(2)5-11-6-12(15)14(8-11)7-10(3)13-4/h9-11,13H,5-8H2,1-4H3. The van der Waals surface area contributed by atoms with Crippen LogP contribution in [0.25, 0.3) is 0 Å². The zero-order chi connectivity index (χ0) is 11.4. The number of amides is 1. The fraction of sp³-hybridized carbons (Fsp3) is 0.917. The number of rotatable bonds is 5. The molecule has 2 atom stereocenters. The molecule has 3 heteroatoms. The number of likely N-dealkylation sites (N-methyl/N-ethyl adjacent to an activating group) is 1. The summed E-state index contributed by atoms with van der Waals surface area (Å²) >= 11 is 0. The highest BCUT2D eigenvalue weighted by Crippen LogP contribution is 2.24. The molecule has 15 heavy (non-hydrogen) atoms. The van der Waals surface area contributed by atoms with Gasteiger partial charge in [-0.05, 0) is 32.2 Å². The van der Waals surface area contributed by atoms with Gasteiger partial charge in [-0.2, -0.15) is 0 Å². The van der Waals surface area contributed by atoms with Gasteiger partial charge in [0.2, 0.25) is 5.91 Å². The highest BCUT2D eigenvalue weighted by molar-refractivity contribution is 5.78. The monoisotopic (exact) mass is 212 g/mol. The molecular formula is C12H24N2O. The van der Waals surface area contributed by atoms with Crippen molar-refractivity contribution < 1.29 is 4.79 Å². The summed E-state index contributed by atoms with van der Waals surface area (Å²) in [6.07, 6.45) is 1.94. The summed E-state index contributed by atoms with van der Waals surface area (Å²) in [5.74, 6) is 1.62. The van der Waals surface area contributed by atoms with E-state index in [4.69, 9.17) is 0 Å². The summed E-state index contributed by atoms with van der Waals surface area (Å²) in [6.45, 7) is 8.38. The number of nitrogens with zero attached hydrogens (tertiary/aromatic N) is 1. The molecule has 1 amide bonds. The highest BCUT2D eigenvalue weighted by atomic mass is 16.2. The van der Waals surface area contributed by atoms with Crippen LogP contribution in [0.4, 0.5) is 0 Å². The molecule has 0 aromatic heterocycles. The van der Waals surface area contributed by atoms with Gasteiger partial charge in [-0.25, -0.2) is 0 Å². The second-order valence-corrected chi connectivity index (χ2v) is 5.19. The normalized spacial score (nSPS) is 23.9. The summed E-state index contributed by atoms with van der Waals surface area (Å²) in [5.41, 5.74) is 0. The average molecular weight is 212 g/mol. The lowest BCUT2D eigenvalue weighted by Gasteiger charge is -2.21. The molecule has 0 aromatic rings. The lowest BCUT2D eigenvalue weighted by atomic mass is 9.96. The molecule has 0 radical (unpaired) electrons. The maximum atomic E-state index is 11.7. The maximum Gasteiger partial charge on any atom is 0.222 e. The molecule has 0 spiro atoms. The van der Waals surface area contributed by atoms with Crippen molar-refractivity contribution in [1.29, 1.82) is 0 Å². The van der Waals surface area contributed by atoms with Gasteiger partial charge >= 0.3 is 0 Å². The van der Waals surface area contributed by atoms with Crippen LogP contribution < -0.4 is 5.32 Å². The Labute approximate surface area is 93.2 Å². The van der Waals surface area contributed by atoms with E-state index in [9.17, 15) is 4.79 Å². The van der Waals surface area contributed by atoms with Crippen LogP contribution in [0, 0.1) is 11.8 Å². The smallest absolute Gasteiger partial charge is 0.222 e. The molecule has 1 fully saturated rings. The highest BCUT2D eigenvalue weighted by Gasteiger charge is 2.30. The van der Waals surface area contributed by atoms with Gasteiger partial charge in [0.25, 0.3) is 0 Å². The summed E-state index contributed by atoms with van der Waals surface area (Å²) in [4.78, 5) is 13.7. The maximum absolute atomic E-state index is 11.7. The fourth-order valence-electron chi connectivity index (χ4n) is 2.28. The minimum absolute atomic E-state index is 0.336. The van der Waals surface area contributed by atoms with Crippen molar-refractivity contribution >= 4 is 5.91 Å². The fourth-order valence-corrected chi connectivity index (χ4v) is 2.28. The first-order valence-corrected chi connectivity index (χ1v) is 5.98. The quantitative estimate of drug-likeness (QED) is 0.749. The van der Waals surface area contributed by atoms with Crippen molar-refractivity contribution in [2.24, 2.45) is 11.8 Å². The number of carbonyl (C=O) groups excluding carboxylic acids is 1. The van der Waals surface area contributed by atoms with Crippen molar-refractivity contribution in [3.63, 3.8) is 0 Å². The molecular weight excluding hydrogens is 188 g/mol. The second-order valence-electron chi connectivity index (χ2n) is 5.19. The Hall–Kier alpha value is -0.570. The molecule has 1 heterocycles. The molecule has 2 unspecified atom stereocenters. The van der Waals surface area contributed by atoms with E-state index in [1.54, 1.807) is 0 Å². The van der Waals surface area contributed by atoms with Crippen molar-refractivity contribution in [2.45, 2.75) is 39.7 Å². The molecule has 1 saturated heterocycles. The predicted octanol–water partition coefficient (Wildman–Crippen LogP) is 1.49. The Morgan fingerprint density at radius 3 is 2.67 bits per heavy atom. The van der Waals surface area contributed by atoms with E-state index in [1.165, 1.54) is 6.42 Å². The largest absolute Gasteiger partial charge is 0.341 e. The third kappa shape index (κ3) is 3.82. The zero-order valence-electron chi connectivity index (χ0n) is 10.4. The molecule has 1 N–H and O–H groups in total. The van der Waals surface area contributed by atoms with Crippen LogP contribution in [0.1, 0.15) is 33.6 Å². The Bertz CT molecular complexity index is 216. The summed E-state index contributed by atoms with van der Waals surface area (Å²) in [6, 6.07) is 0.395. The van der Waals surface area contributed by atoms with Crippen molar-refractivity contribution in [3.05, 3.63) is 0 Å². The van der Waals surface area contributed by atoms with Gasteiger partial charge in [0.1, 0.15) is 0 Å². The molecule has 0 bridgehead atoms. The number of likely N-dealkylation sites (tertiary alicyclic amines) is 1. The molecule has 0 aromatic carbocycles. The predicted molar refractivity (Wildman–Crippen MR) is 62.7 cm³/mol. The molecule has 0 aliphatic carbocycles. The first-order chi connectivity index (χ1) is 7.02. The molecule has 1 aliphatic rings. The van der Waals surface area contributed by atoms with Crippen molar-refractivity contribution in [3.8, 4) is 0 Å². The lowest BCUT2D eigenvalue weighted by Crippen LogP contribution is -2.38. The Morgan fingerprint density at radius 2 is 2.13 bits per heavy atom. The molecule has 3 nitrogen and oxygen atoms in total. The van der Waals surface area contributed by atoms with Gasteiger partial charge < -0.3 is 10.2 Å². The van der Waals surface area contributed by atoms with E-state index in [1.807, 2.05) is 11.9 Å². The molecule has 1 aliphatic heterocycles. The van der Waals surface area contributed by atoms with E-state index >= 15 is 0 Å². The van der Waals surface area contributed by atoms with Crippen LogP contribution in [0.15, 0.2) is 0 Å². The van der Waals surface area contributed by atoms with Gasteiger partial charge in [0.05, 0.1) is 0 Å². The third-order valence-corrected chi connectivity index (χ3v) is 3.09. The molecule has 88 valence electrons. The number of nitrogens with one attached hydrogen (secondary N) is 1. The van der Waals surface area contributed by atoms with E-state index in [-0.39, 0.29) is 0 Å². The van der Waals surface area contributed by atoms with E-state index in [0.717, 1.165) is 19.5 Å². The van der Waals surface area contributed by atoms with Crippen LogP contribution >= 0.6 is 0 Å². The molecule has 0 saturated carbocycles. The minimum Gasteiger partial charge on any atom is -0.341 e. The zero-order valence-corrected chi connectivity index (χ0v) is 10.4. The van der Waals surface area contributed by atoms with E-state index < -0.39 is 0 Å². The first kappa shape index (κ1) is 12.5. The number of hydrogen-bond acceptors (Lipinski definition) is 2. The SMILES string of the molecule is CNC(C)CN1CC(CC(C)C)CC1=O. The summed E-state index contributed by atoms with van der Waals surface area (Å²) in [5, 5.41) is 3.17. The summed E-state index contributed by atoms with van der Waals surface area (Å²) in [7, 11) is 1.94. The second kappa shape index (κ2) is 5.50. The van der Waals surface area contributed by atoms with Gasteiger partial charge in [-0.15, -0.1) is 0 Å². The number of carbonyl (C=O) groups is 1. The average Bonchev–Trinajstić information content (AvgIpc) is 2.45. The lowest BCUT2D eigenvalue weighted by molar-refractivity contribution is -0.128. The van der Waals surface area contributed by atoms with Crippen molar-refractivity contribution in [1.82, 2.24) is 10.2 Å². The van der Waals surface area contributed by atoms with Crippen LogP contribution in [0.2, 0.25) is 0 Å². The molecule has 1 rings (SSSR count). The van der Waals surface area contributed by atoms with Gasteiger partial charge in [0.15, 0.2) is 0 Å². The van der Waals surface area contributed by atoms with Gasteiger partial charge in [-0.3, -0.25) is 4.79 Å².